The van der Waals surface area contributed by atoms with E-state index in [0.717, 1.165) is 52.7 Å². The number of hydrogen-bond donors (Lipinski definition) is 1. The van der Waals surface area contributed by atoms with Crippen molar-refractivity contribution in [2.24, 2.45) is 5.92 Å². The number of amides is 1. The molecule has 4 nitrogen and oxygen atoms in total. The van der Waals surface area contributed by atoms with E-state index in [1.807, 2.05) is 43.1 Å². The lowest BCUT2D eigenvalue weighted by molar-refractivity contribution is 0.0789. The van der Waals surface area contributed by atoms with Gasteiger partial charge in [0.1, 0.15) is 0 Å². The second kappa shape index (κ2) is 8.99. The molecule has 1 unspecified atom stereocenters. The predicted molar refractivity (Wildman–Crippen MR) is 107 cm³/mol. The molecule has 7 heteroatoms. The number of nitrogens with zero attached hydrogens (tertiary/aromatic N) is 2. The molecule has 0 spiro atoms. The number of fused-ring (bicyclic) bond motifs is 1. The number of aryl methyl sites for hydroxylation is 1. The van der Waals surface area contributed by atoms with Crippen LogP contribution < -0.4 is 5.32 Å². The normalized spacial score (nSPS) is 16.6. The van der Waals surface area contributed by atoms with Crippen LogP contribution in [0.15, 0.2) is 28.7 Å². The van der Waals surface area contributed by atoms with Crippen LogP contribution in [0.1, 0.15) is 22.5 Å². The summed E-state index contributed by atoms with van der Waals surface area (Å²) in [6.07, 6.45) is 1.07. The molecule has 1 aromatic heterocycles. The first-order chi connectivity index (χ1) is 10.6. The first-order valence-electron chi connectivity index (χ1n) is 7.59. The lowest BCUT2D eigenvalue weighted by Gasteiger charge is -2.18. The maximum atomic E-state index is 12.9. The maximum Gasteiger partial charge on any atom is 0.254 e. The monoisotopic (exact) mass is 433 g/mol. The molecule has 1 aromatic carbocycles. The van der Waals surface area contributed by atoms with E-state index in [9.17, 15) is 4.79 Å². The maximum absolute atomic E-state index is 12.9. The first-order valence-corrected chi connectivity index (χ1v) is 8.38. The Balaban J connectivity index is 0.00000144. The molecular formula is C17H22BrCl2N3O. The quantitative estimate of drug-likeness (QED) is 0.798. The molecule has 1 aliphatic heterocycles. The summed E-state index contributed by atoms with van der Waals surface area (Å²) in [6, 6.07) is 7.80. The average molecular weight is 435 g/mol. The molecule has 0 radical (unpaired) electrons. The number of benzene rings is 1. The number of halogens is 3. The smallest absolute Gasteiger partial charge is 0.254 e. The van der Waals surface area contributed by atoms with Crippen molar-refractivity contribution < 1.29 is 4.79 Å². The molecule has 2 heterocycles. The molecule has 0 aliphatic carbocycles. The average Bonchev–Trinajstić information content (AvgIpc) is 2.95. The molecule has 1 fully saturated rings. The number of hydrogen-bond acceptors (Lipinski definition) is 3. The lowest BCUT2D eigenvalue weighted by atomic mass is 10.1. The summed E-state index contributed by atoms with van der Waals surface area (Å²) >= 11 is 3.49. The van der Waals surface area contributed by atoms with Crippen molar-refractivity contribution in [3.05, 3.63) is 40.0 Å². The van der Waals surface area contributed by atoms with Crippen molar-refractivity contribution in [1.29, 1.82) is 0 Å². The third-order valence-corrected chi connectivity index (χ3v) is 4.69. The van der Waals surface area contributed by atoms with Gasteiger partial charge in [0.2, 0.25) is 0 Å². The van der Waals surface area contributed by atoms with Gasteiger partial charge in [0.25, 0.3) is 5.91 Å². The van der Waals surface area contributed by atoms with Gasteiger partial charge in [-0.2, -0.15) is 0 Å². The van der Waals surface area contributed by atoms with Gasteiger partial charge in [-0.05, 0) is 57.1 Å². The van der Waals surface area contributed by atoms with E-state index in [-0.39, 0.29) is 30.7 Å². The fraction of sp³-hybridized carbons (Fsp3) is 0.412. The summed E-state index contributed by atoms with van der Waals surface area (Å²) in [5.74, 6) is 0.669. The van der Waals surface area contributed by atoms with Crippen LogP contribution in [0.5, 0.6) is 0 Å². The number of rotatable bonds is 3. The first kappa shape index (κ1) is 21.2. The minimum Gasteiger partial charge on any atom is -0.338 e. The number of likely N-dealkylation sites (tertiary alicyclic amines) is 1. The second-order valence-corrected chi connectivity index (χ2v) is 6.85. The molecule has 2 aromatic rings. The molecule has 1 N–H and O–H groups in total. The Labute approximate surface area is 163 Å². The van der Waals surface area contributed by atoms with Gasteiger partial charge in [-0.1, -0.05) is 15.9 Å². The number of carbonyl (C=O) groups excluding carboxylic acids is 1. The number of nitrogens with one attached hydrogen (secondary N) is 1. The molecular weight excluding hydrogens is 413 g/mol. The molecule has 3 rings (SSSR count). The summed E-state index contributed by atoms with van der Waals surface area (Å²) in [4.78, 5) is 19.4. The zero-order chi connectivity index (χ0) is 15.7. The Kier molecular flexibility index (Phi) is 7.93. The van der Waals surface area contributed by atoms with Gasteiger partial charge >= 0.3 is 0 Å². The highest BCUT2D eigenvalue weighted by Crippen LogP contribution is 2.26. The van der Waals surface area contributed by atoms with Gasteiger partial charge in [-0.3, -0.25) is 9.78 Å². The van der Waals surface area contributed by atoms with Crippen molar-refractivity contribution in [3.8, 4) is 0 Å². The van der Waals surface area contributed by atoms with Gasteiger partial charge in [0.05, 0.1) is 11.1 Å². The largest absolute Gasteiger partial charge is 0.338 e. The van der Waals surface area contributed by atoms with Crippen LogP contribution in [0.25, 0.3) is 10.9 Å². The predicted octanol–water partition coefficient (Wildman–Crippen LogP) is 3.83. The Bertz CT molecular complexity index is 726. The molecule has 1 saturated heterocycles. The molecule has 1 amide bonds. The van der Waals surface area contributed by atoms with E-state index in [4.69, 9.17) is 0 Å². The summed E-state index contributed by atoms with van der Waals surface area (Å²) in [5, 5.41) is 4.12. The van der Waals surface area contributed by atoms with E-state index in [2.05, 4.69) is 26.2 Å². The van der Waals surface area contributed by atoms with Crippen molar-refractivity contribution in [1.82, 2.24) is 15.2 Å². The van der Waals surface area contributed by atoms with E-state index < -0.39 is 0 Å². The molecule has 0 bridgehead atoms. The van der Waals surface area contributed by atoms with E-state index in [0.29, 0.717) is 5.92 Å². The zero-order valence-corrected chi connectivity index (χ0v) is 16.9. The highest BCUT2D eigenvalue weighted by molar-refractivity contribution is 9.10. The molecule has 1 aliphatic rings. The van der Waals surface area contributed by atoms with Gasteiger partial charge < -0.3 is 10.2 Å². The van der Waals surface area contributed by atoms with Crippen molar-refractivity contribution in [2.75, 3.05) is 26.7 Å². The number of carbonyl (C=O) groups is 1. The van der Waals surface area contributed by atoms with Crippen LogP contribution in [0.3, 0.4) is 0 Å². The van der Waals surface area contributed by atoms with Crippen molar-refractivity contribution in [3.63, 3.8) is 0 Å². The number of pyridine rings is 1. The fourth-order valence-electron chi connectivity index (χ4n) is 3.15. The van der Waals surface area contributed by atoms with Crippen molar-refractivity contribution in [2.45, 2.75) is 13.3 Å². The standard InChI is InChI=1S/C17H20BrN3O.2ClH/c1-11-7-15(14-8-13(18)3-4-16(14)20-11)17(22)21-6-5-12(10-21)9-19-2;;/h3-4,7-8,12,19H,5-6,9-10H2,1-2H3;2*1H. The van der Waals surface area contributed by atoms with Gasteiger partial charge in [0, 0.05) is 28.6 Å². The third kappa shape index (κ3) is 4.39. The second-order valence-electron chi connectivity index (χ2n) is 5.94. The van der Waals surface area contributed by atoms with E-state index in [1.165, 1.54) is 0 Å². The summed E-state index contributed by atoms with van der Waals surface area (Å²) in [7, 11) is 1.96. The van der Waals surface area contributed by atoms with Gasteiger partial charge in [-0.25, -0.2) is 0 Å². The Morgan fingerprint density at radius 1 is 1.38 bits per heavy atom. The van der Waals surface area contributed by atoms with Crippen LogP contribution in [0.4, 0.5) is 0 Å². The number of aromatic nitrogens is 1. The molecule has 132 valence electrons. The van der Waals surface area contributed by atoms with E-state index in [1.54, 1.807) is 0 Å². The van der Waals surface area contributed by atoms with Crippen LogP contribution in [-0.2, 0) is 0 Å². The minimum atomic E-state index is 0. The van der Waals surface area contributed by atoms with Crippen LogP contribution in [-0.4, -0.2) is 42.5 Å². The van der Waals surface area contributed by atoms with Crippen molar-refractivity contribution >= 4 is 57.6 Å². The highest BCUT2D eigenvalue weighted by atomic mass is 79.9. The Morgan fingerprint density at radius 3 is 2.83 bits per heavy atom. The van der Waals surface area contributed by atoms with Crippen LogP contribution in [0, 0.1) is 12.8 Å². The molecule has 1 atom stereocenters. The van der Waals surface area contributed by atoms with Crippen LogP contribution in [0.2, 0.25) is 0 Å². The van der Waals surface area contributed by atoms with Crippen LogP contribution >= 0.6 is 40.7 Å². The Morgan fingerprint density at radius 2 is 2.12 bits per heavy atom. The Hall–Kier alpha value is -0.880. The lowest BCUT2D eigenvalue weighted by Crippen LogP contribution is -2.30. The molecule has 24 heavy (non-hydrogen) atoms. The summed E-state index contributed by atoms with van der Waals surface area (Å²) in [6.45, 7) is 4.57. The zero-order valence-electron chi connectivity index (χ0n) is 13.7. The minimum absolute atomic E-state index is 0. The topological polar surface area (TPSA) is 45.2 Å². The van der Waals surface area contributed by atoms with Gasteiger partial charge in [-0.15, -0.1) is 24.8 Å². The van der Waals surface area contributed by atoms with Gasteiger partial charge in [0.15, 0.2) is 0 Å². The summed E-state index contributed by atoms with van der Waals surface area (Å²) in [5.41, 5.74) is 2.51. The fourth-order valence-corrected chi connectivity index (χ4v) is 3.51. The summed E-state index contributed by atoms with van der Waals surface area (Å²) < 4.78 is 0.967. The molecule has 0 saturated carbocycles. The SMILES string of the molecule is CNCC1CCN(C(=O)c2cc(C)nc3ccc(Br)cc23)C1.Cl.Cl. The third-order valence-electron chi connectivity index (χ3n) is 4.20. The highest BCUT2D eigenvalue weighted by Gasteiger charge is 2.27. The van der Waals surface area contributed by atoms with E-state index >= 15 is 0 Å².